The standard InChI is InChI=1S/C6H13NO3/c1-5(8)10-4-6(9)7(2)3/h6,9H,4H2,1-3H3. The summed E-state index contributed by atoms with van der Waals surface area (Å²) in [6.07, 6.45) is -0.705. The Morgan fingerprint density at radius 1 is 1.70 bits per heavy atom. The Morgan fingerprint density at radius 2 is 2.20 bits per heavy atom. The zero-order valence-corrected chi connectivity index (χ0v) is 6.50. The lowest BCUT2D eigenvalue weighted by atomic mass is 10.5. The van der Waals surface area contributed by atoms with E-state index in [1.54, 1.807) is 19.0 Å². The fourth-order valence-electron chi connectivity index (χ4n) is 0.341. The SMILES string of the molecule is CC(=O)OCC(O)N(C)C. The molecule has 0 fully saturated rings. The molecule has 1 N–H and O–H groups in total. The molecule has 0 saturated heterocycles. The number of hydrogen-bond acceptors (Lipinski definition) is 4. The van der Waals surface area contributed by atoms with Crippen LogP contribution >= 0.6 is 0 Å². The van der Waals surface area contributed by atoms with Gasteiger partial charge in [-0.05, 0) is 14.1 Å². The maximum absolute atomic E-state index is 10.2. The molecular formula is C6H13NO3. The summed E-state index contributed by atoms with van der Waals surface area (Å²) in [5, 5.41) is 9.02. The van der Waals surface area contributed by atoms with Crippen LogP contribution in [-0.2, 0) is 9.53 Å². The highest BCUT2D eigenvalue weighted by Crippen LogP contribution is 1.88. The molecule has 0 aliphatic carbocycles. The summed E-state index contributed by atoms with van der Waals surface area (Å²) >= 11 is 0. The molecule has 10 heavy (non-hydrogen) atoms. The molecule has 0 aliphatic rings. The molecule has 0 bridgehead atoms. The number of hydrogen-bond donors (Lipinski definition) is 1. The van der Waals surface area contributed by atoms with E-state index in [0.29, 0.717) is 0 Å². The summed E-state index contributed by atoms with van der Waals surface area (Å²) in [6.45, 7) is 1.34. The van der Waals surface area contributed by atoms with Gasteiger partial charge in [0.25, 0.3) is 0 Å². The molecule has 0 aromatic carbocycles. The van der Waals surface area contributed by atoms with Gasteiger partial charge in [-0.2, -0.15) is 0 Å². The third-order valence-electron chi connectivity index (χ3n) is 1.03. The zero-order chi connectivity index (χ0) is 8.15. The van der Waals surface area contributed by atoms with Crippen molar-refractivity contribution in [1.29, 1.82) is 0 Å². The lowest BCUT2D eigenvalue weighted by Gasteiger charge is -2.17. The molecule has 0 aromatic heterocycles. The van der Waals surface area contributed by atoms with E-state index in [1.165, 1.54) is 6.92 Å². The molecule has 0 amide bonds. The monoisotopic (exact) mass is 147 g/mol. The van der Waals surface area contributed by atoms with E-state index in [0.717, 1.165) is 0 Å². The van der Waals surface area contributed by atoms with E-state index in [4.69, 9.17) is 5.11 Å². The Bertz CT molecular complexity index is 114. The van der Waals surface area contributed by atoms with Crippen LogP contribution in [0, 0.1) is 0 Å². The number of ether oxygens (including phenoxy) is 1. The highest BCUT2D eigenvalue weighted by Gasteiger charge is 2.06. The molecule has 60 valence electrons. The van der Waals surface area contributed by atoms with E-state index in [9.17, 15) is 4.79 Å². The predicted molar refractivity (Wildman–Crippen MR) is 36.3 cm³/mol. The van der Waals surface area contributed by atoms with Crippen molar-refractivity contribution in [3.63, 3.8) is 0 Å². The average molecular weight is 147 g/mol. The van der Waals surface area contributed by atoms with Gasteiger partial charge in [0, 0.05) is 6.92 Å². The second kappa shape index (κ2) is 4.24. The number of carbonyl (C=O) groups excluding carboxylic acids is 1. The van der Waals surface area contributed by atoms with E-state index in [1.807, 2.05) is 0 Å². The number of esters is 1. The van der Waals surface area contributed by atoms with Crippen molar-refractivity contribution < 1.29 is 14.6 Å². The fraction of sp³-hybridized carbons (Fsp3) is 0.833. The highest BCUT2D eigenvalue weighted by atomic mass is 16.5. The van der Waals surface area contributed by atoms with Gasteiger partial charge in [0.05, 0.1) is 0 Å². The van der Waals surface area contributed by atoms with Crippen LogP contribution in [0.3, 0.4) is 0 Å². The van der Waals surface area contributed by atoms with Crippen LogP contribution in [0.15, 0.2) is 0 Å². The first-order valence-electron chi connectivity index (χ1n) is 3.02. The van der Waals surface area contributed by atoms with E-state index in [-0.39, 0.29) is 12.6 Å². The average Bonchev–Trinajstić information content (AvgIpc) is 1.82. The number of likely N-dealkylation sites (N-methyl/N-ethyl adjacent to an activating group) is 1. The Kier molecular flexibility index (Phi) is 3.99. The third kappa shape index (κ3) is 4.29. The predicted octanol–water partition coefficient (Wildman–Crippen LogP) is -0.571. The maximum Gasteiger partial charge on any atom is 0.302 e. The maximum atomic E-state index is 10.2. The normalized spacial score (nSPS) is 13.3. The molecule has 0 aromatic rings. The van der Waals surface area contributed by atoms with Gasteiger partial charge in [-0.3, -0.25) is 9.69 Å². The Labute approximate surface area is 60.4 Å². The van der Waals surface area contributed by atoms with Crippen LogP contribution < -0.4 is 0 Å². The largest absolute Gasteiger partial charge is 0.462 e. The first-order valence-corrected chi connectivity index (χ1v) is 3.02. The highest BCUT2D eigenvalue weighted by molar-refractivity contribution is 5.65. The van der Waals surface area contributed by atoms with Crippen LogP contribution in [0.4, 0.5) is 0 Å². The van der Waals surface area contributed by atoms with Crippen molar-refractivity contribution in [3.05, 3.63) is 0 Å². The lowest BCUT2D eigenvalue weighted by molar-refractivity contribution is -0.147. The van der Waals surface area contributed by atoms with E-state index in [2.05, 4.69) is 4.74 Å². The van der Waals surface area contributed by atoms with Gasteiger partial charge in [-0.25, -0.2) is 0 Å². The minimum atomic E-state index is -0.705. The number of aliphatic hydroxyl groups excluding tert-OH is 1. The topological polar surface area (TPSA) is 49.8 Å². The van der Waals surface area contributed by atoms with Crippen molar-refractivity contribution in [3.8, 4) is 0 Å². The molecule has 0 spiro atoms. The minimum absolute atomic E-state index is 0.0301. The molecule has 0 radical (unpaired) electrons. The molecule has 0 aliphatic heterocycles. The quantitative estimate of drug-likeness (QED) is 0.429. The van der Waals surface area contributed by atoms with Gasteiger partial charge < -0.3 is 9.84 Å². The van der Waals surface area contributed by atoms with Gasteiger partial charge in [0.15, 0.2) is 0 Å². The van der Waals surface area contributed by atoms with Gasteiger partial charge in [-0.1, -0.05) is 0 Å². The zero-order valence-electron chi connectivity index (χ0n) is 6.50. The smallest absolute Gasteiger partial charge is 0.302 e. The summed E-state index contributed by atoms with van der Waals surface area (Å²) in [4.78, 5) is 11.8. The second-order valence-electron chi connectivity index (χ2n) is 2.25. The summed E-state index contributed by atoms with van der Waals surface area (Å²) in [5.41, 5.74) is 0. The minimum Gasteiger partial charge on any atom is -0.462 e. The Hall–Kier alpha value is -0.610. The molecule has 1 unspecified atom stereocenters. The van der Waals surface area contributed by atoms with Gasteiger partial charge in [0.2, 0.25) is 0 Å². The van der Waals surface area contributed by atoms with Crippen molar-refractivity contribution >= 4 is 5.97 Å². The van der Waals surface area contributed by atoms with Crippen molar-refractivity contribution in [2.45, 2.75) is 13.2 Å². The van der Waals surface area contributed by atoms with Crippen LogP contribution in [0.2, 0.25) is 0 Å². The summed E-state index contributed by atoms with van der Waals surface area (Å²) < 4.78 is 4.53. The van der Waals surface area contributed by atoms with Gasteiger partial charge in [-0.15, -0.1) is 0 Å². The van der Waals surface area contributed by atoms with Crippen molar-refractivity contribution in [1.82, 2.24) is 4.90 Å². The molecule has 4 heteroatoms. The van der Waals surface area contributed by atoms with Crippen molar-refractivity contribution in [2.75, 3.05) is 20.7 Å². The first kappa shape index (κ1) is 9.39. The van der Waals surface area contributed by atoms with E-state index >= 15 is 0 Å². The Morgan fingerprint density at radius 3 is 2.50 bits per heavy atom. The van der Waals surface area contributed by atoms with Crippen LogP contribution in [0.25, 0.3) is 0 Å². The molecule has 0 rings (SSSR count). The third-order valence-corrected chi connectivity index (χ3v) is 1.03. The summed E-state index contributed by atoms with van der Waals surface area (Å²) in [5.74, 6) is -0.374. The number of carbonyl (C=O) groups is 1. The number of nitrogens with zero attached hydrogens (tertiary/aromatic N) is 1. The first-order chi connectivity index (χ1) is 4.54. The van der Waals surface area contributed by atoms with Crippen molar-refractivity contribution in [2.24, 2.45) is 0 Å². The second-order valence-corrected chi connectivity index (χ2v) is 2.25. The van der Waals surface area contributed by atoms with E-state index < -0.39 is 6.23 Å². The summed E-state index contributed by atoms with van der Waals surface area (Å²) in [6, 6.07) is 0. The van der Waals surface area contributed by atoms with Gasteiger partial charge >= 0.3 is 5.97 Å². The molecule has 4 nitrogen and oxygen atoms in total. The number of rotatable bonds is 3. The lowest BCUT2D eigenvalue weighted by Crippen LogP contribution is -2.32. The number of aliphatic hydroxyl groups is 1. The molecule has 0 saturated carbocycles. The van der Waals surface area contributed by atoms with Crippen LogP contribution in [0.5, 0.6) is 0 Å². The fourth-order valence-corrected chi connectivity index (χ4v) is 0.341. The molecular weight excluding hydrogens is 134 g/mol. The van der Waals surface area contributed by atoms with Crippen LogP contribution in [-0.4, -0.2) is 42.9 Å². The van der Waals surface area contributed by atoms with Crippen LogP contribution in [0.1, 0.15) is 6.92 Å². The molecule has 1 atom stereocenters. The van der Waals surface area contributed by atoms with Gasteiger partial charge in [0.1, 0.15) is 12.8 Å². The Balaban J connectivity index is 3.39. The summed E-state index contributed by atoms with van der Waals surface area (Å²) in [7, 11) is 3.41. The molecule has 0 heterocycles.